The first-order valence-corrected chi connectivity index (χ1v) is 8.70. The SMILES string of the molecule is CCCCCCCCC(NC)c1cccc(C)c1I. The Labute approximate surface area is 132 Å². The van der Waals surface area contributed by atoms with Crippen LogP contribution in [0.15, 0.2) is 18.2 Å². The van der Waals surface area contributed by atoms with Gasteiger partial charge in [0.1, 0.15) is 0 Å². The Balaban J connectivity index is 2.43. The smallest absolute Gasteiger partial charge is 0.0328 e. The van der Waals surface area contributed by atoms with Crippen LogP contribution < -0.4 is 5.32 Å². The van der Waals surface area contributed by atoms with Gasteiger partial charge in [0, 0.05) is 9.61 Å². The predicted octanol–water partition coefficient (Wildman–Crippen LogP) is 5.61. The Kier molecular flexibility index (Phi) is 8.71. The molecule has 1 N–H and O–H groups in total. The number of nitrogens with one attached hydrogen (secondary N) is 1. The molecule has 0 saturated heterocycles. The molecule has 1 atom stereocenters. The molecule has 108 valence electrons. The van der Waals surface area contributed by atoms with E-state index in [0.717, 1.165) is 0 Å². The average molecular weight is 373 g/mol. The van der Waals surface area contributed by atoms with Gasteiger partial charge in [0.15, 0.2) is 0 Å². The van der Waals surface area contributed by atoms with Crippen molar-refractivity contribution >= 4 is 22.6 Å². The first-order valence-electron chi connectivity index (χ1n) is 7.63. The third-order valence-electron chi connectivity index (χ3n) is 3.79. The fraction of sp³-hybridized carbons (Fsp3) is 0.647. The van der Waals surface area contributed by atoms with Crippen LogP contribution in [0, 0.1) is 10.5 Å². The second-order valence-electron chi connectivity index (χ2n) is 5.38. The van der Waals surface area contributed by atoms with E-state index in [4.69, 9.17) is 0 Å². The second kappa shape index (κ2) is 9.76. The predicted molar refractivity (Wildman–Crippen MR) is 93.7 cm³/mol. The van der Waals surface area contributed by atoms with E-state index in [2.05, 4.69) is 67.0 Å². The van der Waals surface area contributed by atoms with Crippen LogP contribution in [0.2, 0.25) is 0 Å². The van der Waals surface area contributed by atoms with E-state index in [9.17, 15) is 0 Å². The Hall–Kier alpha value is -0.0900. The third kappa shape index (κ3) is 5.82. The van der Waals surface area contributed by atoms with E-state index >= 15 is 0 Å². The van der Waals surface area contributed by atoms with E-state index in [0.29, 0.717) is 6.04 Å². The van der Waals surface area contributed by atoms with Crippen LogP contribution in [0.5, 0.6) is 0 Å². The summed E-state index contributed by atoms with van der Waals surface area (Å²) < 4.78 is 1.42. The molecule has 0 radical (unpaired) electrons. The lowest BCUT2D eigenvalue weighted by molar-refractivity contribution is 0.496. The Bertz CT molecular complexity index is 362. The van der Waals surface area contributed by atoms with Gasteiger partial charge in [0.2, 0.25) is 0 Å². The zero-order valence-electron chi connectivity index (χ0n) is 12.6. The number of aryl methyl sites for hydroxylation is 1. The van der Waals surface area contributed by atoms with Gasteiger partial charge >= 0.3 is 0 Å². The van der Waals surface area contributed by atoms with Crippen LogP contribution in [-0.4, -0.2) is 7.05 Å². The lowest BCUT2D eigenvalue weighted by atomic mass is 9.98. The van der Waals surface area contributed by atoms with Crippen LogP contribution in [0.1, 0.15) is 69.0 Å². The van der Waals surface area contributed by atoms with Gasteiger partial charge in [-0.1, -0.05) is 63.6 Å². The van der Waals surface area contributed by atoms with Crippen LogP contribution >= 0.6 is 22.6 Å². The van der Waals surface area contributed by atoms with E-state index in [1.165, 1.54) is 59.6 Å². The minimum absolute atomic E-state index is 0.512. The zero-order chi connectivity index (χ0) is 14.1. The summed E-state index contributed by atoms with van der Waals surface area (Å²) in [6.45, 7) is 4.47. The molecule has 1 aromatic carbocycles. The van der Waals surface area contributed by atoms with Crippen LogP contribution in [-0.2, 0) is 0 Å². The maximum atomic E-state index is 3.48. The molecule has 0 spiro atoms. The van der Waals surface area contributed by atoms with Crippen molar-refractivity contribution in [3.63, 3.8) is 0 Å². The van der Waals surface area contributed by atoms with Crippen molar-refractivity contribution in [2.45, 2.75) is 64.8 Å². The van der Waals surface area contributed by atoms with Crippen molar-refractivity contribution in [2.24, 2.45) is 0 Å². The fourth-order valence-electron chi connectivity index (χ4n) is 2.52. The molecule has 0 saturated carbocycles. The molecule has 19 heavy (non-hydrogen) atoms. The maximum absolute atomic E-state index is 3.48. The summed E-state index contributed by atoms with van der Waals surface area (Å²) in [5.41, 5.74) is 2.86. The molecule has 0 aliphatic carbocycles. The molecular weight excluding hydrogens is 345 g/mol. The molecule has 0 heterocycles. The first-order chi connectivity index (χ1) is 9.20. The summed E-state index contributed by atoms with van der Waals surface area (Å²) in [7, 11) is 2.08. The second-order valence-corrected chi connectivity index (χ2v) is 6.45. The number of hydrogen-bond acceptors (Lipinski definition) is 1. The largest absolute Gasteiger partial charge is 0.313 e. The molecular formula is C17H28IN. The fourth-order valence-corrected chi connectivity index (χ4v) is 3.26. The molecule has 1 aromatic rings. The Morgan fingerprint density at radius 3 is 2.47 bits per heavy atom. The topological polar surface area (TPSA) is 12.0 Å². The molecule has 1 rings (SSSR count). The molecule has 2 heteroatoms. The summed E-state index contributed by atoms with van der Waals surface area (Å²) in [6, 6.07) is 7.16. The number of unbranched alkanes of at least 4 members (excludes halogenated alkanes) is 5. The van der Waals surface area contributed by atoms with Crippen molar-refractivity contribution < 1.29 is 0 Å². The average Bonchev–Trinajstić information content (AvgIpc) is 2.42. The standard InChI is InChI=1S/C17H28IN/c1-4-5-6-7-8-9-13-16(19-3)15-12-10-11-14(2)17(15)18/h10-12,16,19H,4-9,13H2,1-3H3. The highest BCUT2D eigenvalue weighted by Crippen LogP contribution is 2.26. The van der Waals surface area contributed by atoms with E-state index in [1.54, 1.807) is 0 Å². The molecule has 0 aliphatic heterocycles. The van der Waals surface area contributed by atoms with Gasteiger partial charge in [0.05, 0.1) is 0 Å². The van der Waals surface area contributed by atoms with Gasteiger partial charge in [0.25, 0.3) is 0 Å². The molecule has 0 fully saturated rings. The summed E-state index contributed by atoms with van der Waals surface area (Å²) in [5, 5.41) is 3.48. The first kappa shape index (κ1) is 17.0. The molecule has 0 aliphatic rings. The van der Waals surface area contributed by atoms with Crippen LogP contribution in [0.4, 0.5) is 0 Å². The number of benzene rings is 1. The summed E-state index contributed by atoms with van der Waals surface area (Å²) in [4.78, 5) is 0. The highest BCUT2D eigenvalue weighted by Gasteiger charge is 2.12. The van der Waals surface area contributed by atoms with Crippen molar-refractivity contribution in [3.8, 4) is 0 Å². The van der Waals surface area contributed by atoms with Gasteiger partial charge < -0.3 is 5.32 Å². The van der Waals surface area contributed by atoms with E-state index < -0.39 is 0 Å². The maximum Gasteiger partial charge on any atom is 0.0328 e. The number of rotatable bonds is 9. The van der Waals surface area contributed by atoms with E-state index in [1.807, 2.05) is 0 Å². The molecule has 0 aromatic heterocycles. The van der Waals surface area contributed by atoms with Gasteiger partial charge in [-0.05, 0) is 54.1 Å². The number of halogens is 1. The van der Waals surface area contributed by atoms with E-state index in [-0.39, 0.29) is 0 Å². The molecule has 1 unspecified atom stereocenters. The van der Waals surface area contributed by atoms with Gasteiger partial charge in [-0.2, -0.15) is 0 Å². The summed E-state index contributed by atoms with van der Waals surface area (Å²) in [5.74, 6) is 0. The van der Waals surface area contributed by atoms with Crippen molar-refractivity contribution in [1.29, 1.82) is 0 Å². The lowest BCUT2D eigenvalue weighted by Gasteiger charge is -2.19. The van der Waals surface area contributed by atoms with Crippen molar-refractivity contribution in [1.82, 2.24) is 5.32 Å². The molecule has 1 nitrogen and oxygen atoms in total. The highest BCUT2D eigenvalue weighted by atomic mass is 127. The zero-order valence-corrected chi connectivity index (χ0v) is 14.8. The minimum Gasteiger partial charge on any atom is -0.313 e. The lowest BCUT2D eigenvalue weighted by Crippen LogP contribution is -2.17. The Morgan fingerprint density at radius 1 is 1.11 bits per heavy atom. The molecule has 0 amide bonds. The minimum atomic E-state index is 0.512. The highest BCUT2D eigenvalue weighted by molar-refractivity contribution is 14.1. The summed E-state index contributed by atoms with van der Waals surface area (Å²) in [6.07, 6.45) is 9.49. The quantitative estimate of drug-likeness (QED) is 0.438. The Morgan fingerprint density at radius 2 is 1.79 bits per heavy atom. The van der Waals surface area contributed by atoms with Crippen LogP contribution in [0.25, 0.3) is 0 Å². The van der Waals surface area contributed by atoms with Gasteiger partial charge in [-0.15, -0.1) is 0 Å². The third-order valence-corrected chi connectivity index (χ3v) is 5.27. The van der Waals surface area contributed by atoms with Crippen molar-refractivity contribution in [3.05, 3.63) is 32.9 Å². The van der Waals surface area contributed by atoms with Crippen LogP contribution in [0.3, 0.4) is 0 Å². The molecule has 0 bridgehead atoms. The normalized spacial score (nSPS) is 12.6. The monoisotopic (exact) mass is 373 g/mol. The van der Waals surface area contributed by atoms with Gasteiger partial charge in [-0.3, -0.25) is 0 Å². The van der Waals surface area contributed by atoms with Gasteiger partial charge in [-0.25, -0.2) is 0 Å². The summed E-state index contributed by atoms with van der Waals surface area (Å²) >= 11 is 2.48. The van der Waals surface area contributed by atoms with Crippen molar-refractivity contribution in [2.75, 3.05) is 7.05 Å². The number of hydrogen-bond donors (Lipinski definition) is 1.